The smallest absolute Gasteiger partial charge is 0.191 e. The fourth-order valence-corrected chi connectivity index (χ4v) is 3.41. The minimum atomic E-state index is 0.260. The molecule has 0 spiro atoms. The highest BCUT2D eigenvalue weighted by molar-refractivity contribution is 5.79. The Morgan fingerprint density at radius 3 is 2.79 bits per heavy atom. The fourth-order valence-electron chi connectivity index (χ4n) is 3.41. The normalized spacial score (nSPS) is 16.6. The largest absolute Gasteiger partial charge is 0.492 e. The average molecular weight is 387 g/mol. The number of hydrogen-bond acceptors (Lipinski definition) is 5. The molecule has 28 heavy (non-hydrogen) atoms. The van der Waals surface area contributed by atoms with E-state index in [1.807, 2.05) is 4.68 Å². The number of rotatable bonds is 7. The van der Waals surface area contributed by atoms with Gasteiger partial charge in [-0.3, -0.25) is 4.99 Å². The van der Waals surface area contributed by atoms with E-state index < -0.39 is 0 Å². The van der Waals surface area contributed by atoms with Gasteiger partial charge in [0.15, 0.2) is 11.8 Å². The van der Waals surface area contributed by atoms with Crippen LogP contribution in [0.1, 0.15) is 29.2 Å². The van der Waals surface area contributed by atoms with Crippen LogP contribution in [0.5, 0.6) is 5.75 Å². The molecule has 1 atom stereocenters. The van der Waals surface area contributed by atoms with Crippen molar-refractivity contribution < 1.29 is 9.47 Å². The van der Waals surface area contributed by atoms with E-state index in [9.17, 15) is 0 Å². The number of aryl methyl sites for hydroxylation is 3. The Hall–Kier alpha value is -2.61. The van der Waals surface area contributed by atoms with Crippen molar-refractivity contribution in [2.75, 3.05) is 27.3 Å². The topological polar surface area (TPSA) is 85.6 Å². The number of nitrogens with one attached hydrogen (secondary N) is 2. The Labute approximate surface area is 166 Å². The highest BCUT2D eigenvalue weighted by Gasteiger charge is 2.22. The van der Waals surface area contributed by atoms with E-state index in [1.165, 1.54) is 11.1 Å². The zero-order chi connectivity index (χ0) is 19.9. The first-order chi connectivity index (χ1) is 13.6. The summed E-state index contributed by atoms with van der Waals surface area (Å²) in [7, 11) is 3.43. The summed E-state index contributed by atoms with van der Waals surface area (Å²) in [5.74, 6) is 3.44. The van der Waals surface area contributed by atoms with Gasteiger partial charge in [0.2, 0.25) is 0 Å². The third-order valence-electron chi connectivity index (χ3n) is 4.60. The van der Waals surface area contributed by atoms with Crippen LogP contribution in [0.2, 0.25) is 0 Å². The Kier molecular flexibility index (Phi) is 6.86. The maximum Gasteiger partial charge on any atom is 0.191 e. The number of hydrogen-bond donors (Lipinski definition) is 2. The zero-order valence-corrected chi connectivity index (χ0v) is 17.2. The van der Waals surface area contributed by atoms with Crippen molar-refractivity contribution in [1.82, 2.24) is 25.4 Å². The molecule has 8 nitrogen and oxygen atoms in total. The first-order valence-electron chi connectivity index (χ1n) is 9.67. The van der Waals surface area contributed by atoms with Crippen LogP contribution in [0.4, 0.5) is 0 Å². The van der Waals surface area contributed by atoms with Crippen LogP contribution in [0.15, 0.2) is 23.2 Å². The molecule has 0 aliphatic carbocycles. The second-order valence-corrected chi connectivity index (χ2v) is 7.11. The Balaban J connectivity index is 1.44. The lowest BCUT2D eigenvalue weighted by atomic mass is 10.1. The summed E-state index contributed by atoms with van der Waals surface area (Å²) in [5, 5.41) is 11.3. The van der Waals surface area contributed by atoms with Gasteiger partial charge >= 0.3 is 0 Å². The molecule has 1 aromatic heterocycles. The number of fused-ring (bicyclic) bond motifs is 1. The van der Waals surface area contributed by atoms with E-state index in [4.69, 9.17) is 9.47 Å². The summed E-state index contributed by atoms with van der Waals surface area (Å²) in [4.78, 5) is 8.83. The van der Waals surface area contributed by atoms with Crippen LogP contribution in [0, 0.1) is 13.8 Å². The van der Waals surface area contributed by atoms with E-state index in [-0.39, 0.29) is 6.04 Å². The molecule has 1 aromatic carbocycles. The Morgan fingerprint density at radius 1 is 1.29 bits per heavy atom. The van der Waals surface area contributed by atoms with Gasteiger partial charge in [0.25, 0.3) is 0 Å². The van der Waals surface area contributed by atoms with E-state index in [0.29, 0.717) is 19.8 Å². The molecule has 152 valence electrons. The molecule has 8 heteroatoms. The van der Waals surface area contributed by atoms with Gasteiger partial charge in [-0.1, -0.05) is 6.07 Å². The Bertz CT molecular complexity index is 797. The predicted molar refractivity (Wildman–Crippen MR) is 109 cm³/mol. The van der Waals surface area contributed by atoms with E-state index >= 15 is 0 Å². The number of guanidine groups is 1. The first-order valence-corrected chi connectivity index (χ1v) is 9.67. The van der Waals surface area contributed by atoms with Crippen LogP contribution in [-0.2, 0) is 24.3 Å². The second kappa shape index (κ2) is 9.54. The van der Waals surface area contributed by atoms with Crippen molar-refractivity contribution in [3.63, 3.8) is 0 Å². The van der Waals surface area contributed by atoms with Gasteiger partial charge in [-0.05, 0) is 43.5 Å². The molecular formula is C20H30N6O2. The summed E-state index contributed by atoms with van der Waals surface area (Å²) in [6.07, 6.45) is 1.88. The standard InChI is InChI=1S/C20H30N6O2/c1-14-9-15(2)11-17(10-14)28-8-7-22-20(21-3)23-16-5-6-19-24-18(13-27-4)25-26(19)12-16/h9-11,16H,5-8,12-13H2,1-4H3,(H2,21,22,23). The Morgan fingerprint density at radius 2 is 2.07 bits per heavy atom. The molecule has 1 aliphatic heterocycles. The lowest BCUT2D eigenvalue weighted by molar-refractivity contribution is 0.177. The molecule has 1 unspecified atom stereocenters. The van der Waals surface area contributed by atoms with Crippen molar-refractivity contribution in [3.8, 4) is 5.75 Å². The molecule has 2 heterocycles. The van der Waals surface area contributed by atoms with Crippen molar-refractivity contribution >= 4 is 5.96 Å². The van der Waals surface area contributed by atoms with Gasteiger partial charge in [-0.25, -0.2) is 9.67 Å². The summed E-state index contributed by atoms with van der Waals surface area (Å²) in [6, 6.07) is 6.50. The lowest BCUT2D eigenvalue weighted by Crippen LogP contribution is -2.47. The van der Waals surface area contributed by atoms with Crippen molar-refractivity contribution in [2.24, 2.45) is 4.99 Å². The summed E-state index contributed by atoms with van der Waals surface area (Å²) >= 11 is 0. The summed E-state index contributed by atoms with van der Waals surface area (Å²) in [6.45, 7) is 6.61. The van der Waals surface area contributed by atoms with Crippen LogP contribution in [0.25, 0.3) is 0 Å². The minimum absolute atomic E-state index is 0.260. The molecule has 0 fully saturated rings. The van der Waals surface area contributed by atoms with Gasteiger partial charge in [0.05, 0.1) is 13.1 Å². The van der Waals surface area contributed by atoms with Gasteiger partial charge in [0, 0.05) is 26.6 Å². The van der Waals surface area contributed by atoms with Crippen molar-refractivity contribution in [1.29, 1.82) is 0 Å². The zero-order valence-electron chi connectivity index (χ0n) is 17.2. The third-order valence-corrected chi connectivity index (χ3v) is 4.60. The van der Waals surface area contributed by atoms with Gasteiger partial charge in [-0.2, -0.15) is 5.10 Å². The molecule has 2 N–H and O–H groups in total. The number of methoxy groups -OCH3 is 1. The molecule has 0 saturated heterocycles. The van der Waals surface area contributed by atoms with E-state index in [2.05, 4.69) is 57.8 Å². The van der Waals surface area contributed by atoms with Crippen LogP contribution < -0.4 is 15.4 Å². The van der Waals surface area contributed by atoms with Gasteiger partial charge < -0.3 is 20.1 Å². The summed E-state index contributed by atoms with van der Waals surface area (Å²) in [5.41, 5.74) is 2.41. The lowest BCUT2D eigenvalue weighted by Gasteiger charge is -2.25. The average Bonchev–Trinajstić information content (AvgIpc) is 3.05. The molecule has 2 aromatic rings. The number of benzene rings is 1. The van der Waals surface area contributed by atoms with Crippen LogP contribution in [0.3, 0.4) is 0 Å². The maximum atomic E-state index is 5.85. The monoisotopic (exact) mass is 386 g/mol. The fraction of sp³-hybridized carbons (Fsp3) is 0.550. The molecule has 0 amide bonds. The number of nitrogens with zero attached hydrogens (tertiary/aromatic N) is 4. The molecule has 3 rings (SSSR count). The van der Waals surface area contributed by atoms with E-state index in [1.54, 1.807) is 14.2 Å². The highest BCUT2D eigenvalue weighted by Crippen LogP contribution is 2.16. The number of aromatic nitrogens is 3. The van der Waals surface area contributed by atoms with Gasteiger partial charge in [-0.15, -0.1) is 0 Å². The van der Waals surface area contributed by atoms with Gasteiger partial charge in [0.1, 0.15) is 24.8 Å². The summed E-state index contributed by atoms with van der Waals surface area (Å²) < 4.78 is 12.9. The first kappa shape index (κ1) is 20.1. The van der Waals surface area contributed by atoms with Crippen molar-refractivity contribution in [3.05, 3.63) is 41.0 Å². The SMILES string of the molecule is CN=C(NCCOc1cc(C)cc(C)c1)NC1CCc2nc(COC)nn2C1. The van der Waals surface area contributed by atoms with Crippen LogP contribution >= 0.6 is 0 Å². The quantitative estimate of drug-likeness (QED) is 0.427. The second-order valence-electron chi connectivity index (χ2n) is 7.11. The highest BCUT2D eigenvalue weighted by atomic mass is 16.5. The van der Waals surface area contributed by atoms with Crippen LogP contribution in [-0.4, -0.2) is 54.1 Å². The number of aliphatic imine (C=N–C) groups is 1. The molecule has 0 bridgehead atoms. The third kappa shape index (κ3) is 5.45. The molecular weight excluding hydrogens is 356 g/mol. The molecule has 0 radical (unpaired) electrons. The maximum absolute atomic E-state index is 5.85. The minimum Gasteiger partial charge on any atom is -0.492 e. The molecule has 0 saturated carbocycles. The van der Waals surface area contributed by atoms with Crippen molar-refractivity contribution in [2.45, 2.75) is 45.9 Å². The molecule has 1 aliphatic rings. The predicted octanol–water partition coefficient (Wildman–Crippen LogP) is 1.60. The van der Waals surface area contributed by atoms with E-state index in [0.717, 1.165) is 42.7 Å². The number of ether oxygens (including phenoxy) is 2.